The molecule has 0 aliphatic heterocycles. The van der Waals surface area contributed by atoms with Gasteiger partial charge >= 0.3 is 0 Å². The second kappa shape index (κ2) is 11.7. The number of ether oxygens (including phenoxy) is 1. The Labute approximate surface area is 205 Å². The van der Waals surface area contributed by atoms with Crippen molar-refractivity contribution < 1.29 is 9.53 Å². The third-order valence-electron chi connectivity index (χ3n) is 5.15. The first-order valence-electron chi connectivity index (χ1n) is 11.4. The molecule has 0 spiro atoms. The van der Waals surface area contributed by atoms with Gasteiger partial charge in [-0.25, -0.2) is 0 Å². The predicted octanol–water partition coefficient (Wildman–Crippen LogP) is 5.80. The van der Waals surface area contributed by atoms with Crippen molar-refractivity contribution in [3.8, 4) is 11.8 Å². The fourth-order valence-electron chi connectivity index (χ4n) is 3.39. The summed E-state index contributed by atoms with van der Waals surface area (Å²) in [6.45, 7) is 11.3. The second-order valence-corrected chi connectivity index (χ2v) is 9.80. The summed E-state index contributed by atoms with van der Waals surface area (Å²) in [5.41, 5.74) is 2.47. The fourth-order valence-corrected chi connectivity index (χ4v) is 4.14. The monoisotopic (exact) mass is 477 g/mol. The molecule has 0 saturated heterocycles. The van der Waals surface area contributed by atoms with Crippen molar-refractivity contribution in [2.45, 2.75) is 58.3 Å². The van der Waals surface area contributed by atoms with Gasteiger partial charge in [0.25, 0.3) is 0 Å². The van der Waals surface area contributed by atoms with Crippen molar-refractivity contribution in [1.29, 1.82) is 5.26 Å². The molecule has 0 fully saturated rings. The number of thioether (sulfide) groups is 1. The van der Waals surface area contributed by atoms with Crippen LogP contribution in [0.5, 0.6) is 5.75 Å². The highest BCUT2D eigenvalue weighted by molar-refractivity contribution is 7.99. The van der Waals surface area contributed by atoms with Crippen LogP contribution < -0.4 is 10.1 Å². The number of amides is 1. The molecule has 34 heavy (non-hydrogen) atoms. The van der Waals surface area contributed by atoms with Gasteiger partial charge in [-0.15, -0.1) is 10.2 Å². The molecule has 7 nitrogen and oxygen atoms in total. The van der Waals surface area contributed by atoms with Crippen LogP contribution in [0.25, 0.3) is 0 Å². The number of nitrogens with zero attached hydrogens (tertiary/aromatic N) is 4. The molecule has 1 heterocycles. The molecular formula is C26H31N5O2S. The number of nitriles is 1. The molecule has 0 aliphatic rings. The first kappa shape index (κ1) is 25.3. The van der Waals surface area contributed by atoms with Crippen LogP contribution in [0.1, 0.15) is 63.6 Å². The van der Waals surface area contributed by atoms with Gasteiger partial charge in [-0.3, -0.25) is 4.79 Å². The first-order valence-corrected chi connectivity index (χ1v) is 12.4. The molecular weight excluding hydrogens is 446 g/mol. The summed E-state index contributed by atoms with van der Waals surface area (Å²) in [5, 5.41) is 21.2. The Bertz CT molecular complexity index is 1130. The number of hydrogen-bond acceptors (Lipinski definition) is 6. The summed E-state index contributed by atoms with van der Waals surface area (Å²) in [7, 11) is 0. The van der Waals surface area contributed by atoms with Gasteiger partial charge in [-0.2, -0.15) is 5.26 Å². The summed E-state index contributed by atoms with van der Waals surface area (Å²) >= 11 is 1.34. The van der Waals surface area contributed by atoms with E-state index in [1.54, 1.807) is 24.3 Å². The molecule has 2 aromatic carbocycles. The van der Waals surface area contributed by atoms with E-state index in [1.807, 2.05) is 23.6 Å². The van der Waals surface area contributed by atoms with E-state index >= 15 is 0 Å². The van der Waals surface area contributed by atoms with Gasteiger partial charge in [0.2, 0.25) is 5.91 Å². The Kier molecular flexibility index (Phi) is 8.72. The number of anilines is 1. The Morgan fingerprint density at radius 3 is 2.32 bits per heavy atom. The summed E-state index contributed by atoms with van der Waals surface area (Å²) in [4.78, 5) is 12.5. The normalized spacial score (nSPS) is 11.9. The lowest BCUT2D eigenvalue weighted by Gasteiger charge is -2.18. The number of rotatable bonds is 10. The maximum atomic E-state index is 12.5. The SMILES string of the molecule is CC(C)Cn1c(SCC(=O)Nc2ccc(C#N)cc2)nnc1C(C)Oc1ccc(C(C)C)cc1. The molecule has 1 aromatic heterocycles. The number of nitrogens with one attached hydrogen (secondary N) is 1. The van der Waals surface area contributed by atoms with Crippen LogP contribution in [0.15, 0.2) is 53.7 Å². The zero-order chi connectivity index (χ0) is 24.7. The molecule has 1 atom stereocenters. The number of carbonyl (C=O) groups is 1. The summed E-state index contributed by atoms with van der Waals surface area (Å²) < 4.78 is 8.20. The van der Waals surface area contributed by atoms with Crippen molar-refractivity contribution in [1.82, 2.24) is 14.8 Å². The number of benzene rings is 2. The highest BCUT2D eigenvalue weighted by atomic mass is 32.2. The van der Waals surface area contributed by atoms with Gasteiger partial charge in [-0.1, -0.05) is 51.6 Å². The number of hydrogen-bond donors (Lipinski definition) is 1. The zero-order valence-electron chi connectivity index (χ0n) is 20.3. The molecule has 0 bridgehead atoms. The molecule has 0 radical (unpaired) electrons. The van der Waals surface area contributed by atoms with Gasteiger partial charge in [0, 0.05) is 12.2 Å². The first-order chi connectivity index (χ1) is 16.3. The maximum absolute atomic E-state index is 12.5. The average Bonchev–Trinajstić information content (AvgIpc) is 3.20. The quantitative estimate of drug-likeness (QED) is 0.371. The van der Waals surface area contributed by atoms with Crippen LogP contribution in [0.3, 0.4) is 0 Å². The van der Waals surface area contributed by atoms with E-state index in [-0.39, 0.29) is 17.8 Å². The van der Waals surface area contributed by atoms with E-state index in [1.165, 1.54) is 17.3 Å². The highest BCUT2D eigenvalue weighted by Crippen LogP contribution is 2.27. The molecule has 1 unspecified atom stereocenters. The van der Waals surface area contributed by atoms with E-state index in [2.05, 4.69) is 61.4 Å². The molecule has 3 aromatic rings. The van der Waals surface area contributed by atoms with Crippen LogP contribution in [0.2, 0.25) is 0 Å². The molecule has 0 aliphatic carbocycles. The molecule has 8 heteroatoms. The van der Waals surface area contributed by atoms with Gasteiger partial charge < -0.3 is 14.6 Å². The lowest BCUT2D eigenvalue weighted by Crippen LogP contribution is -2.17. The summed E-state index contributed by atoms with van der Waals surface area (Å²) in [5.74, 6) is 2.41. The van der Waals surface area contributed by atoms with E-state index in [0.717, 1.165) is 18.1 Å². The average molecular weight is 478 g/mol. The lowest BCUT2D eigenvalue weighted by molar-refractivity contribution is -0.113. The van der Waals surface area contributed by atoms with Gasteiger partial charge in [0.05, 0.1) is 17.4 Å². The van der Waals surface area contributed by atoms with Crippen LogP contribution in [0.4, 0.5) is 5.69 Å². The Morgan fingerprint density at radius 2 is 1.74 bits per heavy atom. The Morgan fingerprint density at radius 1 is 1.06 bits per heavy atom. The molecule has 0 saturated carbocycles. The standard InChI is InChI=1S/C26H31N5O2S/c1-17(2)15-31-25(19(5)33-23-12-8-21(9-13-23)18(3)4)29-30-26(31)34-16-24(32)28-22-10-6-20(14-27)7-11-22/h6-13,17-19H,15-16H2,1-5H3,(H,28,32). The van der Waals surface area contributed by atoms with Crippen molar-refractivity contribution >= 4 is 23.4 Å². The van der Waals surface area contributed by atoms with E-state index in [0.29, 0.717) is 28.2 Å². The second-order valence-electron chi connectivity index (χ2n) is 8.86. The molecule has 1 N–H and O–H groups in total. The van der Waals surface area contributed by atoms with Crippen molar-refractivity contribution in [3.05, 3.63) is 65.5 Å². The van der Waals surface area contributed by atoms with Crippen molar-refractivity contribution in [2.75, 3.05) is 11.1 Å². The smallest absolute Gasteiger partial charge is 0.234 e. The zero-order valence-corrected chi connectivity index (χ0v) is 21.1. The molecule has 3 rings (SSSR count). The van der Waals surface area contributed by atoms with Crippen molar-refractivity contribution in [3.63, 3.8) is 0 Å². The molecule has 178 valence electrons. The Hall–Kier alpha value is -3.31. The fraction of sp³-hybridized carbons (Fsp3) is 0.385. The third-order valence-corrected chi connectivity index (χ3v) is 6.11. The number of aromatic nitrogens is 3. The van der Waals surface area contributed by atoms with E-state index in [4.69, 9.17) is 10.00 Å². The topological polar surface area (TPSA) is 92.8 Å². The minimum absolute atomic E-state index is 0.148. The van der Waals surface area contributed by atoms with Gasteiger partial charge in [-0.05, 0) is 60.7 Å². The lowest BCUT2D eigenvalue weighted by atomic mass is 10.0. The van der Waals surface area contributed by atoms with E-state index in [9.17, 15) is 4.79 Å². The minimum atomic E-state index is -0.294. The predicted molar refractivity (Wildman–Crippen MR) is 135 cm³/mol. The maximum Gasteiger partial charge on any atom is 0.234 e. The highest BCUT2D eigenvalue weighted by Gasteiger charge is 2.21. The van der Waals surface area contributed by atoms with E-state index < -0.39 is 0 Å². The van der Waals surface area contributed by atoms with Gasteiger partial charge in [0.15, 0.2) is 17.1 Å². The van der Waals surface area contributed by atoms with Crippen LogP contribution >= 0.6 is 11.8 Å². The van der Waals surface area contributed by atoms with Crippen molar-refractivity contribution in [2.24, 2.45) is 5.92 Å². The van der Waals surface area contributed by atoms with Crippen LogP contribution in [0, 0.1) is 17.2 Å². The van der Waals surface area contributed by atoms with Crippen LogP contribution in [-0.4, -0.2) is 26.4 Å². The largest absolute Gasteiger partial charge is 0.483 e. The molecule has 1 amide bonds. The number of carbonyl (C=O) groups excluding carboxylic acids is 1. The third kappa shape index (κ3) is 6.84. The van der Waals surface area contributed by atoms with Crippen LogP contribution in [-0.2, 0) is 11.3 Å². The summed E-state index contributed by atoms with van der Waals surface area (Å²) in [6.07, 6.45) is -0.294. The summed E-state index contributed by atoms with van der Waals surface area (Å²) in [6, 6.07) is 17.0. The minimum Gasteiger partial charge on any atom is -0.483 e. The van der Waals surface area contributed by atoms with Gasteiger partial charge in [0.1, 0.15) is 5.75 Å². The Balaban J connectivity index is 1.67.